The van der Waals surface area contributed by atoms with E-state index in [1.54, 1.807) is 17.6 Å². The van der Waals surface area contributed by atoms with Gasteiger partial charge in [0.05, 0.1) is 43.7 Å². The molecule has 0 bridgehead atoms. The molecule has 1 atom stereocenters. The lowest BCUT2D eigenvalue weighted by atomic mass is 10.1. The van der Waals surface area contributed by atoms with Crippen LogP contribution in [-0.4, -0.2) is 20.5 Å². The molecule has 3 heterocycles. The standard InChI is InChI=1S/C26H23Cl2FN8S/c1-26(2,3)37-11-21(35-36-37)25(22-12-38-13-32-22)34-16-6-17-23(33-15-4-5-20(29)18(27)7-15)14(9-30)10-31-24(17)19(28)8-16/h4-8,10-13,25,34-36H,1-3H3,(H,31,33). The molecule has 194 valence electrons. The molecule has 5 rings (SSSR count). The van der Waals surface area contributed by atoms with Gasteiger partial charge in [-0.25, -0.2) is 9.37 Å². The zero-order chi connectivity index (χ0) is 27.0. The maximum Gasteiger partial charge on any atom is 0.141 e. The van der Waals surface area contributed by atoms with Crippen molar-refractivity contribution in [1.82, 2.24) is 25.9 Å². The number of aromatic nitrogens is 2. The third-order valence-electron chi connectivity index (χ3n) is 5.92. The first-order valence-electron chi connectivity index (χ1n) is 11.6. The Morgan fingerprint density at radius 2 is 1.92 bits per heavy atom. The number of anilines is 3. The fourth-order valence-corrected chi connectivity index (χ4v) is 4.99. The van der Waals surface area contributed by atoms with Gasteiger partial charge in [-0.05, 0) is 51.1 Å². The molecule has 0 radical (unpaired) electrons. The van der Waals surface area contributed by atoms with Crippen LogP contribution in [0.2, 0.25) is 10.0 Å². The normalized spacial score (nSPS) is 14.1. The van der Waals surface area contributed by atoms with E-state index in [1.165, 1.54) is 29.7 Å². The highest BCUT2D eigenvalue weighted by molar-refractivity contribution is 7.07. The van der Waals surface area contributed by atoms with Crippen LogP contribution in [0.3, 0.4) is 0 Å². The molecule has 4 N–H and O–H groups in total. The molecule has 1 aliphatic heterocycles. The second-order valence-corrected chi connectivity index (χ2v) is 11.2. The SMILES string of the molecule is CC(C)(C)N1C=C(C(Nc2cc(Cl)c3ncc(C#N)c(Nc4ccc(F)c(Cl)c4)c3c2)c2cscn2)NN1. The monoisotopic (exact) mass is 568 g/mol. The highest BCUT2D eigenvalue weighted by atomic mass is 35.5. The zero-order valence-electron chi connectivity index (χ0n) is 20.6. The Hall–Kier alpha value is -3.62. The first kappa shape index (κ1) is 26.0. The van der Waals surface area contributed by atoms with Gasteiger partial charge in [-0.15, -0.1) is 16.9 Å². The summed E-state index contributed by atoms with van der Waals surface area (Å²) in [6.07, 6.45) is 3.45. The van der Waals surface area contributed by atoms with Crippen molar-refractivity contribution in [2.45, 2.75) is 32.4 Å². The average molecular weight is 569 g/mol. The molecule has 0 fully saturated rings. The molecular formula is C26H23Cl2FN8S. The highest BCUT2D eigenvalue weighted by Crippen LogP contribution is 2.37. The molecular weight excluding hydrogens is 546 g/mol. The van der Waals surface area contributed by atoms with Crippen LogP contribution in [0.5, 0.6) is 0 Å². The summed E-state index contributed by atoms with van der Waals surface area (Å²) >= 11 is 14.2. The van der Waals surface area contributed by atoms with Crippen LogP contribution >= 0.6 is 34.5 Å². The predicted molar refractivity (Wildman–Crippen MR) is 151 cm³/mol. The van der Waals surface area contributed by atoms with Crippen molar-refractivity contribution < 1.29 is 4.39 Å². The molecule has 0 spiro atoms. The molecule has 0 aliphatic carbocycles. The molecule has 12 heteroatoms. The van der Waals surface area contributed by atoms with Gasteiger partial charge in [0.1, 0.15) is 17.9 Å². The van der Waals surface area contributed by atoms with Crippen LogP contribution in [-0.2, 0) is 0 Å². The molecule has 0 saturated heterocycles. The van der Waals surface area contributed by atoms with E-state index in [4.69, 9.17) is 23.2 Å². The van der Waals surface area contributed by atoms with Crippen LogP contribution in [0.15, 0.2) is 59.3 Å². The van der Waals surface area contributed by atoms with Gasteiger partial charge in [-0.3, -0.25) is 9.99 Å². The fraction of sp³-hybridized carbons (Fsp3) is 0.192. The van der Waals surface area contributed by atoms with E-state index >= 15 is 0 Å². The number of thiazole rings is 1. The minimum absolute atomic E-state index is 0.0337. The Bertz CT molecular complexity index is 1580. The lowest BCUT2D eigenvalue weighted by Gasteiger charge is -2.30. The van der Waals surface area contributed by atoms with Gasteiger partial charge in [-0.1, -0.05) is 23.2 Å². The number of fused-ring (bicyclic) bond motifs is 1. The summed E-state index contributed by atoms with van der Waals surface area (Å²) in [5.41, 5.74) is 12.2. The molecule has 1 unspecified atom stereocenters. The first-order chi connectivity index (χ1) is 18.1. The summed E-state index contributed by atoms with van der Waals surface area (Å²) in [6, 6.07) is 9.75. The van der Waals surface area contributed by atoms with Crippen molar-refractivity contribution in [2.75, 3.05) is 10.6 Å². The van der Waals surface area contributed by atoms with Crippen molar-refractivity contribution in [2.24, 2.45) is 0 Å². The number of halogens is 3. The number of hydrogen-bond donors (Lipinski definition) is 4. The maximum atomic E-state index is 13.7. The van der Waals surface area contributed by atoms with Crippen LogP contribution < -0.4 is 21.6 Å². The summed E-state index contributed by atoms with van der Waals surface area (Å²) < 4.78 is 13.7. The van der Waals surface area contributed by atoms with Gasteiger partial charge in [0.25, 0.3) is 0 Å². The Morgan fingerprint density at radius 1 is 1.13 bits per heavy atom. The second-order valence-electron chi connectivity index (χ2n) is 9.62. The highest BCUT2D eigenvalue weighted by Gasteiger charge is 2.29. The van der Waals surface area contributed by atoms with Crippen molar-refractivity contribution in [3.8, 4) is 6.07 Å². The Morgan fingerprint density at radius 3 is 2.58 bits per heavy atom. The summed E-state index contributed by atoms with van der Waals surface area (Å²) in [6.45, 7) is 6.29. The summed E-state index contributed by atoms with van der Waals surface area (Å²) in [7, 11) is 0. The van der Waals surface area contributed by atoms with Gasteiger partial charge >= 0.3 is 0 Å². The third-order valence-corrected chi connectivity index (χ3v) is 7.10. The number of hydrogen-bond acceptors (Lipinski definition) is 9. The van der Waals surface area contributed by atoms with Crippen molar-refractivity contribution in [1.29, 1.82) is 5.26 Å². The van der Waals surface area contributed by atoms with E-state index in [1.807, 2.05) is 22.7 Å². The number of pyridine rings is 1. The fourth-order valence-electron chi connectivity index (χ4n) is 3.96. The number of nitrogens with zero attached hydrogens (tertiary/aromatic N) is 4. The largest absolute Gasteiger partial charge is 0.371 e. The smallest absolute Gasteiger partial charge is 0.141 e. The van der Waals surface area contributed by atoms with Gasteiger partial charge in [0.15, 0.2) is 0 Å². The van der Waals surface area contributed by atoms with Gasteiger partial charge in [0.2, 0.25) is 0 Å². The zero-order valence-corrected chi connectivity index (χ0v) is 22.9. The summed E-state index contributed by atoms with van der Waals surface area (Å²) in [4.78, 5) is 8.94. The van der Waals surface area contributed by atoms with Gasteiger partial charge in [0, 0.05) is 40.1 Å². The number of benzene rings is 2. The van der Waals surface area contributed by atoms with Crippen molar-refractivity contribution >= 4 is 62.5 Å². The van der Waals surface area contributed by atoms with Crippen LogP contribution in [0, 0.1) is 17.1 Å². The quantitative estimate of drug-likeness (QED) is 0.200. The van der Waals surface area contributed by atoms with Crippen LogP contribution in [0.4, 0.5) is 21.5 Å². The van der Waals surface area contributed by atoms with Crippen LogP contribution in [0.25, 0.3) is 10.9 Å². The molecule has 0 saturated carbocycles. The molecule has 0 amide bonds. The third kappa shape index (κ3) is 5.19. The Balaban J connectivity index is 1.58. The molecule has 2 aromatic heterocycles. The Kier molecular flexibility index (Phi) is 7.03. The van der Waals surface area contributed by atoms with Gasteiger partial charge < -0.3 is 16.1 Å². The number of rotatable bonds is 6. The molecule has 4 aromatic rings. The van der Waals surface area contributed by atoms with E-state index in [0.717, 1.165) is 11.4 Å². The second kappa shape index (κ2) is 10.3. The summed E-state index contributed by atoms with van der Waals surface area (Å²) in [5, 5.41) is 21.5. The maximum absolute atomic E-state index is 13.7. The minimum atomic E-state index is -0.533. The van der Waals surface area contributed by atoms with E-state index < -0.39 is 5.82 Å². The predicted octanol–water partition coefficient (Wildman–Crippen LogP) is 6.87. The molecule has 8 nitrogen and oxygen atoms in total. The number of hydrazine groups is 2. The van der Waals surface area contributed by atoms with E-state index in [-0.39, 0.29) is 16.6 Å². The molecule has 2 aromatic carbocycles. The van der Waals surface area contributed by atoms with E-state index in [9.17, 15) is 9.65 Å². The average Bonchev–Trinajstić information content (AvgIpc) is 3.58. The topological polar surface area (TPSA) is 101 Å². The minimum Gasteiger partial charge on any atom is -0.371 e. The van der Waals surface area contributed by atoms with Crippen molar-refractivity contribution in [3.05, 3.63) is 86.4 Å². The lowest BCUT2D eigenvalue weighted by molar-refractivity contribution is 0.138. The molecule has 38 heavy (non-hydrogen) atoms. The van der Waals surface area contributed by atoms with Crippen molar-refractivity contribution in [3.63, 3.8) is 0 Å². The number of nitriles is 1. The molecule has 1 aliphatic rings. The summed E-state index contributed by atoms with van der Waals surface area (Å²) in [5.74, 6) is -0.533. The lowest BCUT2D eigenvalue weighted by Crippen LogP contribution is -2.47. The first-order valence-corrected chi connectivity index (χ1v) is 13.3. The van der Waals surface area contributed by atoms with Crippen LogP contribution in [0.1, 0.15) is 38.1 Å². The van der Waals surface area contributed by atoms with E-state index in [0.29, 0.717) is 38.6 Å². The number of nitrogens with one attached hydrogen (secondary N) is 4. The van der Waals surface area contributed by atoms with Gasteiger partial charge in [-0.2, -0.15) is 5.26 Å². The Labute approximate surface area is 233 Å². The van der Waals surface area contributed by atoms with E-state index in [2.05, 4.69) is 58.4 Å².